The zero-order chi connectivity index (χ0) is 13.0. The predicted molar refractivity (Wildman–Crippen MR) is 81.2 cm³/mol. The highest BCUT2D eigenvalue weighted by atomic mass is 32.2. The lowest BCUT2D eigenvalue weighted by Crippen LogP contribution is -2.15. The second kappa shape index (κ2) is 6.63. The number of nitrogens with two attached hydrogens (primary N) is 1. The van der Waals surface area contributed by atoms with Gasteiger partial charge >= 0.3 is 0 Å². The van der Waals surface area contributed by atoms with Gasteiger partial charge in [0.2, 0.25) is 0 Å². The van der Waals surface area contributed by atoms with Gasteiger partial charge in [-0.2, -0.15) is 0 Å². The Kier molecular flexibility index (Phi) is 5.13. The van der Waals surface area contributed by atoms with Crippen molar-refractivity contribution in [2.45, 2.75) is 56.1 Å². The zero-order valence-corrected chi connectivity index (χ0v) is 12.4. The van der Waals surface area contributed by atoms with Crippen LogP contribution in [0.4, 0.5) is 0 Å². The molecule has 18 heavy (non-hydrogen) atoms. The fourth-order valence-corrected chi connectivity index (χ4v) is 4.29. The molecule has 1 aliphatic carbocycles. The van der Waals surface area contributed by atoms with Crippen molar-refractivity contribution in [3.8, 4) is 0 Å². The van der Waals surface area contributed by atoms with Crippen LogP contribution in [-0.2, 0) is 6.42 Å². The molecular formula is C16H25NS. The first-order valence-electron chi connectivity index (χ1n) is 7.15. The molecule has 100 valence electrons. The van der Waals surface area contributed by atoms with E-state index in [1.54, 1.807) is 0 Å². The highest BCUT2D eigenvalue weighted by Crippen LogP contribution is 2.37. The maximum absolute atomic E-state index is 5.61. The van der Waals surface area contributed by atoms with Crippen molar-refractivity contribution in [1.29, 1.82) is 0 Å². The van der Waals surface area contributed by atoms with Crippen LogP contribution in [0, 0.1) is 12.8 Å². The van der Waals surface area contributed by atoms with Gasteiger partial charge in [0.05, 0.1) is 0 Å². The SMILES string of the molecule is Cc1cc(CCN)ccc1SC1CCCC(C)C1. The molecule has 0 spiro atoms. The molecule has 1 aromatic rings. The Balaban J connectivity index is 2.00. The molecular weight excluding hydrogens is 238 g/mol. The first-order chi connectivity index (χ1) is 8.69. The fraction of sp³-hybridized carbons (Fsp3) is 0.625. The van der Waals surface area contributed by atoms with Crippen LogP contribution in [0.3, 0.4) is 0 Å². The molecule has 1 aromatic carbocycles. The summed E-state index contributed by atoms with van der Waals surface area (Å²) in [6, 6.07) is 6.85. The molecule has 2 N–H and O–H groups in total. The smallest absolute Gasteiger partial charge is 0.0104 e. The number of aryl methyl sites for hydroxylation is 1. The molecule has 0 aliphatic heterocycles. The Bertz CT molecular complexity index is 389. The largest absolute Gasteiger partial charge is 0.330 e. The minimum absolute atomic E-state index is 0.742. The average molecular weight is 263 g/mol. The average Bonchev–Trinajstić information content (AvgIpc) is 2.33. The summed E-state index contributed by atoms with van der Waals surface area (Å²) >= 11 is 2.09. The van der Waals surface area contributed by atoms with E-state index in [4.69, 9.17) is 5.73 Å². The van der Waals surface area contributed by atoms with E-state index in [9.17, 15) is 0 Å². The lowest BCUT2D eigenvalue weighted by Gasteiger charge is -2.26. The van der Waals surface area contributed by atoms with Crippen LogP contribution in [0.2, 0.25) is 0 Å². The van der Waals surface area contributed by atoms with Gasteiger partial charge in [0.25, 0.3) is 0 Å². The maximum atomic E-state index is 5.61. The summed E-state index contributed by atoms with van der Waals surface area (Å²) in [5.74, 6) is 0.910. The van der Waals surface area contributed by atoms with E-state index >= 15 is 0 Å². The lowest BCUT2D eigenvalue weighted by molar-refractivity contribution is 0.394. The third-order valence-corrected chi connectivity index (χ3v) is 5.33. The number of benzene rings is 1. The molecule has 2 heteroatoms. The second-order valence-corrected chi connectivity index (χ2v) is 6.99. The van der Waals surface area contributed by atoms with Crippen molar-refractivity contribution in [2.24, 2.45) is 11.7 Å². The highest BCUT2D eigenvalue weighted by molar-refractivity contribution is 8.00. The Hall–Kier alpha value is -0.470. The van der Waals surface area contributed by atoms with Crippen LogP contribution in [0.15, 0.2) is 23.1 Å². The van der Waals surface area contributed by atoms with E-state index in [1.165, 1.54) is 41.7 Å². The summed E-state index contributed by atoms with van der Waals surface area (Å²) in [5.41, 5.74) is 8.40. The Labute approximate surface area is 116 Å². The van der Waals surface area contributed by atoms with E-state index in [0.717, 1.165) is 24.1 Å². The molecule has 0 aromatic heterocycles. The summed E-state index contributed by atoms with van der Waals surface area (Å²) in [6.07, 6.45) is 6.59. The summed E-state index contributed by atoms with van der Waals surface area (Å²) in [7, 11) is 0. The van der Waals surface area contributed by atoms with Crippen molar-refractivity contribution in [3.63, 3.8) is 0 Å². The van der Waals surface area contributed by atoms with Crippen LogP contribution >= 0.6 is 11.8 Å². The van der Waals surface area contributed by atoms with Crippen molar-refractivity contribution in [1.82, 2.24) is 0 Å². The zero-order valence-electron chi connectivity index (χ0n) is 11.6. The molecule has 1 aliphatic rings. The minimum Gasteiger partial charge on any atom is -0.330 e. The van der Waals surface area contributed by atoms with Gasteiger partial charge in [0, 0.05) is 10.1 Å². The van der Waals surface area contributed by atoms with E-state index < -0.39 is 0 Å². The van der Waals surface area contributed by atoms with E-state index in [2.05, 4.69) is 43.8 Å². The van der Waals surface area contributed by atoms with Gasteiger partial charge in [0.15, 0.2) is 0 Å². The van der Waals surface area contributed by atoms with Crippen molar-refractivity contribution >= 4 is 11.8 Å². The van der Waals surface area contributed by atoms with Crippen molar-refractivity contribution < 1.29 is 0 Å². The van der Waals surface area contributed by atoms with E-state index in [1.807, 2.05) is 0 Å². The normalized spacial score (nSPS) is 24.2. The predicted octanol–water partition coefficient (Wildman–Crippen LogP) is 4.17. The van der Waals surface area contributed by atoms with E-state index in [0.29, 0.717) is 0 Å². The number of hydrogen-bond acceptors (Lipinski definition) is 2. The third-order valence-electron chi connectivity index (χ3n) is 3.85. The Morgan fingerprint density at radius 3 is 2.83 bits per heavy atom. The topological polar surface area (TPSA) is 26.0 Å². The van der Waals surface area contributed by atoms with Crippen LogP contribution < -0.4 is 5.73 Å². The van der Waals surface area contributed by atoms with Crippen molar-refractivity contribution in [2.75, 3.05) is 6.54 Å². The van der Waals surface area contributed by atoms with Crippen molar-refractivity contribution in [3.05, 3.63) is 29.3 Å². The fourth-order valence-electron chi connectivity index (χ4n) is 2.83. The molecule has 2 rings (SSSR count). The molecule has 0 saturated heterocycles. The summed E-state index contributed by atoms with van der Waals surface area (Å²) < 4.78 is 0. The van der Waals surface area contributed by atoms with Crippen LogP contribution in [0.5, 0.6) is 0 Å². The molecule has 1 fully saturated rings. The number of thioether (sulfide) groups is 1. The molecule has 0 amide bonds. The molecule has 2 unspecified atom stereocenters. The van der Waals surface area contributed by atoms with Crippen LogP contribution in [-0.4, -0.2) is 11.8 Å². The molecule has 1 nitrogen and oxygen atoms in total. The quantitative estimate of drug-likeness (QED) is 0.882. The standard InChI is InChI=1S/C16H25NS/c1-12-4-3-5-15(10-12)18-16-7-6-14(8-9-17)11-13(16)2/h6-7,11-12,15H,3-5,8-10,17H2,1-2H3. The molecule has 0 bridgehead atoms. The molecule has 2 atom stereocenters. The maximum Gasteiger partial charge on any atom is 0.0104 e. The lowest BCUT2D eigenvalue weighted by atomic mass is 9.91. The first-order valence-corrected chi connectivity index (χ1v) is 8.03. The van der Waals surface area contributed by atoms with Gasteiger partial charge in [-0.25, -0.2) is 0 Å². The summed E-state index contributed by atoms with van der Waals surface area (Å²) in [6.45, 7) is 5.37. The number of rotatable bonds is 4. The van der Waals surface area contributed by atoms with Gasteiger partial charge in [-0.1, -0.05) is 31.9 Å². The minimum atomic E-state index is 0.742. The van der Waals surface area contributed by atoms with Gasteiger partial charge in [-0.3, -0.25) is 0 Å². The first kappa shape index (κ1) is 14.0. The highest BCUT2D eigenvalue weighted by Gasteiger charge is 2.20. The molecule has 0 radical (unpaired) electrons. The second-order valence-electron chi connectivity index (χ2n) is 5.65. The monoisotopic (exact) mass is 263 g/mol. The summed E-state index contributed by atoms with van der Waals surface area (Å²) in [5, 5.41) is 0.827. The number of hydrogen-bond donors (Lipinski definition) is 1. The van der Waals surface area contributed by atoms with Gasteiger partial charge in [-0.15, -0.1) is 11.8 Å². The van der Waals surface area contributed by atoms with Crippen LogP contribution in [0.1, 0.15) is 43.7 Å². The van der Waals surface area contributed by atoms with Gasteiger partial charge < -0.3 is 5.73 Å². The van der Waals surface area contributed by atoms with Crippen LogP contribution in [0.25, 0.3) is 0 Å². The van der Waals surface area contributed by atoms with E-state index in [-0.39, 0.29) is 0 Å². The molecule has 0 heterocycles. The third kappa shape index (κ3) is 3.76. The summed E-state index contributed by atoms with van der Waals surface area (Å²) in [4.78, 5) is 1.47. The Morgan fingerprint density at radius 1 is 1.33 bits per heavy atom. The van der Waals surface area contributed by atoms with Gasteiger partial charge in [0.1, 0.15) is 0 Å². The molecule has 1 saturated carbocycles. The Morgan fingerprint density at radius 2 is 2.17 bits per heavy atom. The van der Waals surface area contributed by atoms with Gasteiger partial charge in [-0.05, 0) is 55.8 Å².